The van der Waals surface area contributed by atoms with Gasteiger partial charge < -0.3 is 13.8 Å². The number of ether oxygens (including phenoxy) is 1. The zero-order valence-electron chi connectivity index (χ0n) is 15.3. The van der Waals surface area contributed by atoms with Gasteiger partial charge in [-0.15, -0.1) is 0 Å². The van der Waals surface area contributed by atoms with Crippen molar-refractivity contribution in [1.29, 1.82) is 0 Å². The summed E-state index contributed by atoms with van der Waals surface area (Å²) in [5.41, 5.74) is 2.75. The molecule has 1 aliphatic heterocycles. The standard InChI is InChI=1S/C21H25O4P/c1-3-14-23-26(22,24-15-4-2)21-19-13-9-8-12-18(19)16-20(25-21)17-10-6-5-7-11-17/h5-13,16,21H,3-4,14-15H2,1-2H3. The van der Waals surface area contributed by atoms with E-state index in [2.05, 4.69) is 0 Å². The van der Waals surface area contributed by atoms with Crippen LogP contribution in [0.15, 0.2) is 54.6 Å². The number of hydrogen-bond donors (Lipinski definition) is 0. The third-order valence-electron chi connectivity index (χ3n) is 4.08. The Balaban J connectivity index is 2.02. The highest BCUT2D eigenvalue weighted by Crippen LogP contribution is 2.64. The normalized spacial score (nSPS) is 16.5. The smallest absolute Gasteiger partial charge is 0.375 e. The van der Waals surface area contributed by atoms with E-state index in [1.165, 1.54) is 0 Å². The van der Waals surface area contributed by atoms with E-state index in [0.717, 1.165) is 29.5 Å². The molecule has 1 heterocycles. The highest BCUT2D eigenvalue weighted by atomic mass is 31.2. The molecule has 5 heteroatoms. The summed E-state index contributed by atoms with van der Waals surface area (Å²) >= 11 is 0. The summed E-state index contributed by atoms with van der Waals surface area (Å²) in [7, 11) is -3.48. The van der Waals surface area contributed by atoms with Gasteiger partial charge in [-0.1, -0.05) is 68.4 Å². The maximum Gasteiger partial charge on any atom is 0.375 e. The molecule has 1 atom stereocenters. The lowest BCUT2D eigenvalue weighted by Crippen LogP contribution is -2.15. The molecule has 138 valence electrons. The summed E-state index contributed by atoms with van der Waals surface area (Å²) < 4.78 is 31.3. The quantitative estimate of drug-likeness (QED) is 0.513. The van der Waals surface area contributed by atoms with Crippen molar-refractivity contribution in [3.63, 3.8) is 0 Å². The number of rotatable bonds is 8. The third kappa shape index (κ3) is 4.09. The van der Waals surface area contributed by atoms with Crippen LogP contribution in [-0.4, -0.2) is 13.2 Å². The first-order valence-corrected chi connectivity index (χ1v) is 10.7. The molecule has 0 amide bonds. The van der Waals surface area contributed by atoms with E-state index >= 15 is 0 Å². The highest BCUT2D eigenvalue weighted by Gasteiger charge is 2.42. The molecule has 26 heavy (non-hydrogen) atoms. The maximum absolute atomic E-state index is 13.6. The molecule has 2 aromatic carbocycles. The largest absolute Gasteiger partial charge is 0.472 e. The SMILES string of the molecule is CCCOP(=O)(OCCC)C1OC(c2ccccc2)=Cc2ccccc21. The van der Waals surface area contributed by atoms with Gasteiger partial charge in [0.2, 0.25) is 5.85 Å². The fourth-order valence-electron chi connectivity index (χ4n) is 2.82. The van der Waals surface area contributed by atoms with Crippen molar-refractivity contribution >= 4 is 19.4 Å². The van der Waals surface area contributed by atoms with Crippen LogP contribution in [0.5, 0.6) is 0 Å². The zero-order chi connectivity index (χ0) is 18.4. The Morgan fingerprint density at radius 1 is 0.923 bits per heavy atom. The molecule has 1 unspecified atom stereocenters. The monoisotopic (exact) mass is 372 g/mol. The van der Waals surface area contributed by atoms with E-state index in [0.29, 0.717) is 19.0 Å². The topological polar surface area (TPSA) is 44.8 Å². The second kappa shape index (κ2) is 8.68. The van der Waals surface area contributed by atoms with Crippen LogP contribution in [0.2, 0.25) is 0 Å². The van der Waals surface area contributed by atoms with Crippen molar-refractivity contribution < 1.29 is 18.3 Å². The van der Waals surface area contributed by atoms with Gasteiger partial charge in [0.15, 0.2) is 0 Å². The minimum Gasteiger partial charge on any atom is -0.472 e. The van der Waals surface area contributed by atoms with Gasteiger partial charge in [0.1, 0.15) is 5.76 Å². The second-order valence-electron chi connectivity index (χ2n) is 6.18. The molecule has 0 N–H and O–H groups in total. The molecule has 2 aromatic rings. The minimum absolute atomic E-state index is 0.368. The molecule has 0 fully saturated rings. The van der Waals surface area contributed by atoms with Crippen molar-refractivity contribution in [2.24, 2.45) is 0 Å². The van der Waals surface area contributed by atoms with Crippen LogP contribution < -0.4 is 0 Å². The van der Waals surface area contributed by atoms with E-state index in [4.69, 9.17) is 13.8 Å². The minimum atomic E-state index is -3.48. The lowest BCUT2D eigenvalue weighted by molar-refractivity contribution is 0.138. The summed E-state index contributed by atoms with van der Waals surface area (Å²) in [4.78, 5) is 0. The molecule has 1 aliphatic rings. The average Bonchev–Trinajstić information content (AvgIpc) is 2.70. The second-order valence-corrected chi connectivity index (χ2v) is 8.25. The molecule has 0 spiro atoms. The van der Waals surface area contributed by atoms with E-state index in [1.807, 2.05) is 74.5 Å². The van der Waals surface area contributed by atoms with Gasteiger partial charge in [0.25, 0.3) is 0 Å². The molecule has 0 aliphatic carbocycles. The molecular formula is C21H25O4P. The van der Waals surface area contributed by atoms with E-state index < -0.39 is 13.4 Å². The number of benzene rings is 2. The van der Waals surface area contributed by atoms with Crippen molar-refractivity contribution in [1.82, 2.24) is 0 Å². The van der Waals surface area contributed by atoms with Gasteiger partial charge in [0, 0.05) is 11.1 Å². The van der Waals surface area contributed by atoms with Gasteiger partial charge in [-0.3, -0.25) is 4.57 Å². The molecule has 0 radical (unpaired) electrons. The van der Waals surface area contributed by atoms with Crippen molar-refractivity contribution in [3.8, 4) is 0 Å². The average molecular weight is 372 g/mol. The van der Waals surface area contributed by atoms with Crippen molar-refractivity contribution in [2.75, 3.05) is 13.2 Å². The van der Waals surface area contributed by atoms with Crippen LogP contribution >= 0.6 is 7.60 Å². The fraction of sp³-hybridized carbons (Fsp3) is 0.333. The van der Waals surface area contributed by atoms with Crippen molar-refractivity contribution in [2.45, 2.75) is 32.5 Å². The number of hydrogen-bond acceptors (Lipinski definition) is 4. The summed E-state index contributed by atoms with van der Waals surface area (Å²) in [6.45, 7) is 4.70. The first-order valence-electron chi connectivity index (χ1n) is 9.09. The fourth-order valence-corrected chi connectivity index (χ4v) is 4.86. The molecular weight excluding hydrogens is 347 g/mol. The predicted octanol–water partition coefficient (Wildman–Crippen LogP) is 6.26. The molecule has 0 bridgehead atoms. The molecule has 0 saturated carbocycles. The predicted molar refractivity (Wildman–Crippen MR) is 105 cm³/mol. The summed E-state index contributed by atoms with van der Waals surface area (Å²) in [5.74, 6) is -0.0910. The Bertz CT molecular complexity index is 789. The van der Waals surface area contributed by atoms with E-state index in [1.54, 1.807) is 0 Å². The van der Waals surface area contributed by atoms with E-state index in [-0.39, 0.29) is 0 Å². The zero-order valence-corrected chi connectivity index (χ0v) is 16.2. The van der Waals surface area contributed by atoms with Crippen LogP contribution in [0.3, 0.4) is 0 Å². The molecule has 0 aromatic heterocycles. The van der Waals surface area contributed by atoms with Gasteiger partial charge in [-0.05, 0) is 24.5 Å². The van der Waals surface area contributed by atoms with Crippen LogP contribution in [-0.2, 0) is 18.3 Å². The summed E-state index contributed by atoms with van der Waals surface area (Å²) in [5, 5.41) is 0. The Hall–Kier alpha value is -1.87. The van der Waals surface area contributed by atoms with Crippen LogP contribution in [0, 0.1) is 0 Å². The molecule has 3 rings (SSSR count). The van der Waals surface area contributed by atoms with Gasteiger partial charge in [0.05, 0.1) is 13.2 Å². The lowest BCUT2D eigenvalue weighted by Gasteiger charge is -2.32. The van der Waals surface area contributed by atoms with Crippen molar-refractivity contribution in [3.05, 3.63) is 71.3 Å². The van der Waals surface area contributed by atoms with Gasteiger partial charge in [-0.25, -0.2) is 0 Å². The first kappa shape index (κ1) is 18.9. The van der Waals surface area contributed by atoms with Crippen LogP contribution in [0.1, 0.15) is 49.2 Å². The lowest BCUT2D eigenvalue weighted by atomic mass is 10.0. The highest BCUT2D eigenvalue weighted by molar-refractivity contribution is 7.54. The summed E-state index contributed by atoms with van der Waals surface area (Å²) in [6.07, 6.45) is 3.50. The van der Waals surface area contributed by atoms with E-state index in [9.17, 15) is 4.57 Å². The first-order chi connectivity index (χ1) is 12.7. The Labute approximate surface area is 155 Å². The third-order valence-corrected chi connectivity index (χ3v) is 6.13. The van der Waals surface area contributed by atoms with Gasteiger partial charge >= 0.3 is 7.60 Å². The summed E-state index contributed by atoms with van der Waals surface area (Å²) in [6, 6.07) is 17.6. The Morgan fingerprint density at radius 3 is 2.19 bits per heavy atom. The molecule has 4 nitrogen and oxygen atoms in total. The number of fused-ring (bicyclic) bond motifs is 1. The van der Waals surface area contributed by atoms with Crippen LogP contribution in [0.25, 0.3) is 11.8 Å². The van der Waals surface area contributed by atoms with Gasteiger partial charge in [-0.2, -0.15) is 0 Å². The molecule has 0 saturated heterocycles. The Morgan fingerprint density at radius 2 is 1.54 bits per heavy atom. The van der Waals surface area contributed by atoms with Crippen LogP contribution in [0.4, 0.5) is 0 Å². The maximum atomic E-state index is 13.6. The Kier molecular flexibility index (Phi) is 6.31.